The Morgan fingerprint density at radius 2 is 2.00 bits per heavy atom. The molecule has 22 heavy (non-hydrogen) atoms. The van der Waals surface area contributed by atoms with Crippen molar-refractivity contribution in [3.8, 4) is 0 Å². The second kappa shape index (κ2) is 6.71. The fourth-order valence-corrected chi connectivity index (χ4v) is 3.72. The molecule has 2 N–H and O–H groups in total. The normalized spacial score (nSPS) is 18.6. The number of benzene rings is 1. The van der Waals surface area contributed by atoms with Gasteiger partial charge in [0.15, 0.2) is 0 Å². The summed E-state index contributed by atoms with van der Waals surface area (Å²) in [4.78, 5) is 0. The summed E-state index contributed by atoms with van der Waals surface area (Å²) >= 11 is 0. The minimum absolute atomic E-state index is 0. The molecule has 1 radical (unpaired) electrons. The van der Waals surface area contributed by atoms with Gasteiger partial charge in [0.1, 0.15) is 0 Å². The van der Waals surface area contributed by atoms with E-state index in [0.717, 1.165) is 35.3 Å². The van der Waals surface area contributed by atoms with Crippen molar-refractivity contribution in [3.05, 3.63) is 48.8 Å². The van der Waals surface area contributed by atoms with Gasteiger partial charge in [0.2, 0.25) is 0 Å². The monoisotopic (exact) mass is 539 g/mol. The summed E-state index contributed by atoms with van der Waals surface area (Å²) in [7, 11) is 0. The zero-order valence-electron chi connectivity index (χ0n) is 12.5. The van der Waals surface area contributed by atoms with E-state index in [1.807, 2.05) is 12.1 Å². The molecule has 1 aliphatic heterocycles. The van der Waals surface area contributed by atoms with Crippen molar-refractivity contribution in [2.24, 2.45) is 0 Å². The number of rotatable bonds is 0. The first-order chi connectivity index (χ1) is 9.68. The minimum atomic E-state index is -0.0593. The van der Waals surface area contributed by atoms with Crippen LogP contribution in [-0.2, 0) is 59.3 Å². The van der Waals surface area contributed by atoms with Gasteiger partial charge in [-0.3, -0.25) is 0 Å². The third kappa shape index (κ3) is 2.81. The Balaban J connectivity index is 0.000000882. The van der Waals surface area contributed by atoms with Gasteiger partial charge in [-0.1, -0.05) is 42.9 Å². The van der Waals surface area contributed by atoms with E-state index >= 15 is 0 Å². The Morgan fingerprint density at radius 3 is 2.73 bits per heavy atom. The number of nitrogens with one attached hydrogen (secondary N) is 2. The number of fused-ring (bicyclic) bond motifs is 4. The number of furan rings is 1. The molecular weight excluding hydrogens is 521 g/mol. The van der Waals surface area contributed by atoms with E-state index < -0.39 is 0 Å². The maximum atomic E-state index is 5.89. The number of anilines is 1. The van der Waals surface area contributed by atoms with E-state index in [4.69, 9.17) is 4.42 Å². The molecule has 1 aromatic heterocycles. The summed E-state index contributed by atoms with van der Waals surface area (Å²) in [5.41, 5.74) is 3.09. The Bertz CT molecular complexity index is 704. The van der Waals surface area contributed by atoms with E-state index in [-0.39, 0.29) is 59.3 Å². The number of hydrogen-bond donors (Lipinski definition) is 2. The topological polar surface area (TPSA) is 37.2 Å². The zero-order valence-corrected chi connectivity index (χ0v) is 18.3. The summed E-state index contributed by atoms with van der Waals surface area (Å²) < 4.78 is 5.89. The molecule has 2 aromatic rings. The van der Waals surface area contributed by atoms with Crippen molar-refractivity contribution >= 4 is 16.7 Å². The fourth-order valence-electron chi connectivity index (χ4n) is 3.72. The van der Waals surface area contributed by atoms with Gasteiger partial charge in [-0.15, -0.1) is 0 Å². The van der Waals surface area contributed by atoms with Crippen molar-refractivity contribution in [2.75, 3.05) is 5.32 Å². The molecule has 1 saturated carbocycles. The number of hydrogen-bond acceptors (Lipinski definition) is 3. The first-order valence-corrected chi connectivity index (χ1v) is 7.23. The van der Waals surface area contributed by atoms with Crippen LogP contribution in [0.1, 0.15) is 43.4 Å². The zero-order chi connectivity index (χ0) is 13.7. The van der Waals surface area contributed by atoms with Crippen molar-refractivity contribution in [2.45, 2.75) is 37.6 Å². The van der Waals surface area contributed by atoms with Crippen molar-refractivity contribution in [3.63, 3.8) is 0 Å². The molecule has 3 nitrogen and oxygen atoms in total. The second-order valence-corrected chi connectivity index (χ2v) is 5.91. The molecule has 1 spiro atoms. The molecule has 5 heteroatoms. The Labute approximate surface area is 170 Å². The van der Waals surface area contributed by atoms with Crippen LogP contribution >= 0.6 is 0 Å². The van der Waals surface area contributed by atoms with Crippen LogP contribution in [0, 0.1) is 13.0 Å². The van der Waals surface area contributed by atoms with Gasteiger partial charge in [0.05, 0.1) is 5.82 Å². The van der Waals surface area contributed by atoms with Crippen LogP contribution in [0.25, 0.3) is 11.0 Å². The predicted octanol–water partition coefficient (Wildman–Crippen LogP) is 4.06. The summed E-state index contributed by atoms with van der Waals surface area (Å²) in [5.74, 6) is 1.56. The molecule has 2 heterocycles. The van der Waals surface area contributed by atoms with Gasteiger partial charge in [0.25, 0.3) is 0 Å². The van der Waals surface area contributed by atoms with E-state index in [1.54, 1.807) is 0 Å². The molecule has 2 aliphatic rings. The minimum Gasteiger partial charge on any atom is -0.522 e. The molecule has 113 valence electrons. The smallest absolute Gasteiger partial charge is 0.0937 e. The molecule has 0 unspecified atom stereocenters. The first-order valence-electron chi connectivity index (χ1n) is 7.23. The van der Waals surface area contributed by atoms with Crippen molar-refractivity contribution < 1.29 is 58.2 Å². The predicted molar refractivity (Wildman–Crippen MR) is 80.2 cm³/mol. The standard InChI is InChI=1S/C17H18N2O.W.Y/c1-11-10-13-6-7-14-15(16(13)20-11)17(19-12(2)18-14)8-4-3-5-9-17;;/h6,10,18-19H,1-5,8-9H2;;/q-2;;. The molecule has 1 aromatic carbocycles. The van der Waals surface area contributed by atoms with Crippen LogP contribution in [-0.4, -0.2) is 0 Å². The first kappa shape index (κ1) is 18.1. The molecule has 1 aliphatic carbocycles. The molecule has 0 saturated heterocycles. The van der Waals surface area contributed by atoms with Crippen LogP contribution in [0.5, 0.6) is 0 Å². The third-order valence-corrected chi connectivity index (χ3v) is 4.51. The van der Waals surface area contributed by atoms with Crippen LogP contribution in [0.15, 0.2) is 28.9 Å². The Hall–Kier alpha value is -0.238. The van der Waals surface area contributed by atoms with E-state index in [0.29, 0.717) is 5.76 Å². The van der Waals surface area contributed by atoms with Crippen LogP contribution in [0.3, 0.4) is 0 Å². The van der Waals surface area contributed by atoms with Crippen LogP contribution < -0.4 is 10.6 Å². The van der Waals surface area contributed by atoms with E-state index in [9.17, 15) is 0 Å². The quantitative estimate of drug-likeness (QED) is 0.497. The van der Waals surface area contributed by atoms with E-state index in [1.165, 1.54) is 24.8 Å². The van der Waals surface area contributed by atoms with Gasteiger partial charge in [-0.25, -0.2) is 13.0 Å². The Morgan fingerprint density at radius 1 is 1.27 bits per heavy atom. The van der Waals surface area contributed by atoms with Crippen LogP contribution in [0.4, 0.5) is 5.69 Å². The van der Waals surface area contributed by atoms with Crippen LogP contribution in [0.2, 0.25) is 0 Å². The summed E-state index contributed by atoms with van der Waals surface area (Å²) in [6, 6.07) is 7.29. The molecule has 0 amide bonds. The molecule has 0 atom stereocenters. The van der Waals surface area contributed by atoms with Gasteiger partial charge in [-0.2, -0.15) is 17.5 Å². The summed E-state index contributed by atoms with van der Waals surface area (Å²) in [6.07, 6.45) is 5.99. The molecule has 0 bridgehead atoms. The summed E-state index contributed by atoms with van der Waals surface area (Å²) in [5, 5.41) is 7.95. The summed E-state index contributed by atoms with van der Waals surface area (Å²) in [6.45, 7) is 7.98. The third-order valence-electron chi connectivity index (χ3n) is 4.51. The average molecular weight is 539 g/mol. The average Bonchev–Trinajstić information content (AvgIpc) is 2.79. The van der Waals surface area contributed by atoms with Crippen molar-refractivity contribution in [1.29, 1.82) is 0 Å². The fraction of sp³-hybridized carbons (Fsp3) is 0.353. The van der Waals surface area contributed by atoms with E-state index in [2.05, 4.69) is 30.2 Å². The maximum Gasteiger partial charge on any atom is 0.0937 e. The van der Waals surface area contributed by atoms with Gasteiger partial charge < -0.3 is 15.1 Å². The second-order valence-electron chi connectivity index (χ2n) is 5.91. The van der Waals surface area contributed by atoms with Gasteiger partial charge >= 0.3 is 0 Å². The van der Waals surface area contributed by atoms with Gasteiger partial charge in [0, 0.05) is 64.9 Å². The maximum absolute atomic E-state index is 5.89. The van der Waals surface area contributed by atoms with Gasteiger partial charge in [-0.05, 0) is 12.8 Å². The largest absolute Gasteiger partial charge is 0.522 e. The molecule has 1 fully saturated rings. The molecular formula is C17H18N2OWY-2. The molecule has 4 rings (SSSR count). The SMILES string of the molecule is C=C1Nc2[c-]cc3cc([CH2-])oc3c2C2(CCCCC2)N1.[W].[Y]. The Kier molecular flexibility index (Phi) is 5.52. The van der Waals surface area contributed by atoms with Crippen molar-refractivity contribution in [1.82, 2.24) is 5.32 Å².